The third-order valence-corrected chi connectivity index (χ3v) is 4.61. The minimum Gasteiger partial charge on any atom is -0.400 e. The van der Waals surface area contributed by atoms with Crippen LogP contribution in [0.15, 0.2) is 11.5 Å². The molecule has 0 spiro atoms. The lowest BCUT2D eigenvalue weighted by Gasteiger charge is -2.32. The van der Waals surface area contributed by atoms with Crippen LogP contribution in [0.25, 0.3) is 0 Å². The molecule has 0 aromatic carbocycles. The van der Waals surface area contributed by atoms with Gasteiger partial charge in [-0.1, -0.05) is 6.08 Å². The van der Waals surface area contributed by atoms with E-state index in [0.29, 0.717) is 0 Å². The van der Waals surface area contributed by atoms with Crippen molar-refractivity contribution >= 4 is 7.12 Å². The summed E-state index contributed by atoms with van der Waals surface area (Å²) in [6.45, 7) is 10.3. The molecule has 1 fully saturated rings. The van der Waals surface area contributed by atoms with Gasteiger partial charge in [0.2, 0.25) is 0 Å². The predicted molar refractivity (Wildman–Crippen MR) is 71.7 cm³/mol. The molecule has 2 rings (SSSR count). The van der Waals surface area contributed by atoms with Gasteiger partial charge in [-0.2, -0.15) is 5.26 Å². The van der Waals surface area contributed by atoms with Crippen LogP contribution in [0.2, 0.25) is 0 Å². The lowest BCUT2D eigenvalue weighted by molar-refractivity contribution is 0.00578. The van der Waals surface area contributed by atoms with E-state index in [-0.39, 0.29) is 23.7 Å². The van der Waals surface area contributed by atoms with E-state index in [1.807, 2.05) is 6.92 Å². The molecular formula is C14H22BNO2. The van der Waals surface area contributed by atoms with Crippen LogP contribution >= 0.6 is 0 Å². The average Bonchev–Trinajstić information content (AvgIpc) is 2.49. The second-order valence-electron chi connectivity index (χ2n) is 6.74. The second kappa shape index (κ2) is 4.11. The maximum absolute atomic E-state index is 9.13. The highest BCUT2D eigenvalue weighted by molar-refractivity contribution is 6.54. The first kappa shape index (κ1) is 13.6. The van der Waals surface area contributed by atoms with Gasteiger partial charge in [0, 0.05) is 0 Å². The van der Waals surface area contributed by atoms with Crippen molar-refractivity contribution in [1.82, 2.24) is 0 Å². The first-order valence-corrected chi connectivity index (χ1v) is 6.65. The Balaban J connectivity index is 2.11. The van der Waals surface area contributed by atoms with Crippen LogP contribution in [0, 0.1) is 16.7 Å². The van der Waals surface area contributed by atoms with E-state index in [1.165, 1.54) is 5.47 Å². The van der Waals surface area contributed by atoms with E-state index in [2.05, 4.69) is 39.8 Å². The highest BCUT2D eigenvalue weighted by Gasteiger charge is 2.52. The van der Waals surface area contributed by atoms with Crippen molar-refractivity contribution in [2.45, 2.75) is 65.1 Å². The quantitative estimate of drug-likeness (QED) is 0.668. The minimum atomic E-state index is -0.283. The number of hydrogen-bond donors (Lipinski definition) is 0. The Kier molecular flexibility index (Phi) is 3.12. The molecule has 1 heterocycles. The molecular weight excluding hydrogens is 225 g/mol. The minimum absolute atomic E-state index is 0.215. The summed E-state index contributed by atoms with van der Waals surface area (Å²) in [6, 6.07) is 2.40. The van der Waals surface area contributed by atoms with Gasteiger partial charge in [-0.3, -0.25) is 0 Å². The summed E-state index contributed by atoms with van der Waals surface area (Å²) in [6.07, 6.45) is 4.71. The molecule has 18 heavy (non-hydrogen) atoms. The molecule has 1 saturated heterocycles. The average molecular weight is 247 g/mol. The SMILES string of the molecule is CC1(C#N)CC=C(B2OC(C)(C)C(C)(C)O2)CC1. The monoisotopic (exact) mass is 247 g/mol. The molecule has 2 aliphatic rings. The van der Waals surface area contributed by atoms with Crippen LogP contribution in [0.1, 0.15) is 53.9 Å². The molecule has 0 radical (unpaired) electrons. The fourth-order valence-corrected chi connectivity index (χ4v) is 2.29. The van der Waals surface area contributed by atoms with Gasteiger partial charge in [0.25, 0.3) is 0 Å². The molecule has 1 unspecified atom stereocenters. The van der Waals surface area contributed by atoms with Crippen LogP contribution in [-0.4, -0.2) is 18.3 Å². The summed E-state index contributed by atoms with van der Waals surface area (Å²) >= 11 is 0. The standard InChI is InChI=1S/C14H22BNO2/c1-12(2)13(3,4)18-15(17-12)11-6-8-14(5,10-16)9-7-11/h6H,7-9H2,1-5H3. The zero-order valence-corrected chi connectivity index (χ0v) is 12.0. The summed E-state index contributed by atoms with van der Waals surface area (Å²) in [4.78, 5) is 0. The highest BCUT2D eigenvalue weighted by Crippen LogP contribution is 2.42. The smallest absolute Gasteiger partial charge is 0.400 e. The summed E-state index contributed by atoms with van der Waals surface area (Å²) in [5, 5.41) is 9.13. The lowest BCUT2D eigenvalue weighted by Crippen LogP contribution is -2.41. The zero-order valence-electron chi connectivity index (χ0n) is 12.0. The Morgan fingerprint density at radius 3 is 2.11 bits per heavy atom. The Bertz CT molecular complexity index is 406. The first-order valence-electron chi connectivity index (χ1n) is 6.65. The lowest BCUT2D eigenvalue weighted by atomic mass is 9.67. The van der Waals surface area contributed by atoms with Crippen molar-refractivity contribution < 1.29 is 9.31 Å². The number of nitriles is 1. The summed E-state index contributed by atoms with van der Waals surface area (Å²) < 4.78 is 12.1. The van der Waals surface area contributed by atoms with Crippen LogP contribution < -0.4 is 0 Å². The Labute approximate surface area is 110 Å². The topological polar surface area (TPSA) is 42.2 Å². The fraction of sp³-hybridized carbons (Fsp3) is 0.786. The molecule has 0 aromatic rings. The van der Waals surface area contributed by atoms with Gasteiger partial charge in [0.1, 0.15) is 0 Å². The molecule has 0 aromatic heterocycles. The third kappa shape index (κ3) is 2.22. The van der Waals surface area contributed by atoms with Crippen molar-refractivity contribution in [3.8, 4) is 6.07 Å². The van der Waals surface area contributed by atoms with Gasteiger partial charge in [-0.05, 0) is 59.4 Å². The Hall–Kier alpha value is -0.785. The van der Waals surface area contributed by atoms with E-state index in [1.54, 1.807) is 0 Å². The van der Waals surface area contributed by atoms with Crippen LogP contribution in [-0.2, 0) is 9.31 Å². The maximum Gasteiger partial charge on any atom is 0.490 e. The van der Waals surface area contributed by atoms with Gasteiger partial charge < -0.3 is 9.31 Å². The van der Waals surface area contributed by atoms with Gasteiger partial charge in [-0.15, -0.1) is 0 Å². The summed E-state index contributed by atoms with van der Waals surface area (Å²) in [5.41, 5.74) is 0.414. The zero-order chi connectivity index (χ0) is 13.6. The molecule has 98 valence electrons. The molecule has 4 heteroatoms. The van der Waals surface area contributed by atoms with Gasteiger partial charge >= 0.3 is 7.12 Å². The second-order valence-corrected chi connectivity index (χ2v) is 6.74. The summed E-state index contributed by atoms with van der Waals surface area (Å²) in [7, 11) is -0.238. The molecule has 1 atom stereocenters. The number of rotatable bonds is 1. The van der Waals surface area contributed by atoms with Crippen molar-refractivity contribution in [1.29, 1.82) is 5.26 Å². The third-order valence-electron chi connectivity index (χ3n) is 4.61. The van der Waals surface area contributed by atoms with Gasteiger partial charge in [0.15, 0.2) is 0 Å². The van der Waals surface area contributed by atoms with Crippen LogP contribution in [0.4, 0.5) is 0 Å². The van der Waals surface area contributed by atoms with E-state index in [9.17, 15) is 0 Å². The van der Waals surface area contributed by atoms with Gasteiger partial charge in [-0.25, -0.2) is 0 Å². The Morgan fingerprint density at radius 1 is 1.17 bits per heavy atom. The largest absolute Gasteiger partial charge is 0.490 e. The molecule has 0 bridgehead atoms. The maximum atomic E-state index is 9.13. The molecule has 0 N–H and O–H groups in total. The Morgan fingerprint density at radius 2 is 1.72 bits per heavy atom. The van der Waals surface area contributed by atoms with E-state index >= 15 is 0 Å². The number of nitrogens with zero attached hydrogens (tertiary/aromatic N) is 1. The summed E-state index contributed by atoms with van der Waals surface area (Å²) in [5.74, 6) is 0. The predicted octanol–water partition coefficient (Wildman–Crippen LogP) is 3.26. The van der Waals surface area contributed by atoms with E-state index in [0.717, 1.165) is 19.3 Å². The number of hydrogen-bond acceptors (Lipinski definition) is 3. The normalized spacial score (nSPS) is 34.0. The number of allylic oxidation sites excluding steroid dienone is 2. The fourth-order valence-electron chi connectivity index (χ4n) is 2.29. The molecule has 0 amide bonds. The van der Waals surface area contributed by atoms with Crippen molar-refractivity contribution in [3.05, 3.63) is 11.5 Å². The van der Waals surface area contributed by atoms with Crippen molar-refractivity contribution in [2.75, 3.05) is 0 Å². The van der Waals surface area contributed by atoms with Crippen LogP contribution in [0.5, 0.6) is 0 Å². The van der Waals surface area contributed by atoms with Crippen molar-refractivity contribution in [3.63, 3.8) is 0 Å². The molecule has 1 aliphatic carbocycles. The van der Waals surface area contributed by atoms with E-state index < -0.39 is 0 Å². The molecule has 0 saturated carbocycles. The first-order chi connectivity index (χ1) is 8.19. The van der Waals surface area contributed by atoms with Gasteiger partial charge in [0.05, 0.1) is 22.7 Å². The highest BCUT2D eigenvalue weighted by atomic mass is 16.7. The van der Waals surface area contributed by atoms with Crippen LogP contribution in [0.3, 0.4) is 0 Å². The molecule has 1 aliphatic heterocycles. The van der Waals surface area contributed by atoms with Crippen molar-refractivity contribution in [2.24, 2.45) is 5.41 Å². The molecule has 3 nitrogen and oxygen atoms in total. The van der Waals surface area contributed by atoms with E-state index in [4.69, 9.17) is 14.6 Å².